The van der Waals surface area contributed by atoms with E-state index in [2.05, 4.69) is 21.2 Å². The fourth-order valence-corrected chi connectivity index (χ4v) is 1.44. The van der Waals surface area contributed by atoms with Crippen LogP contribution in [0.4, 0.5) is 0 Å². The first-order valence-electron chi connectivity index (χ1n) is 4.85. The fraction of sp³-hybridized carbons (Fsp3) is 0.364. The highest BCUT2D eigenvalue weighted by Crippen LogP contribution is 2.10. The van der Waals surface area contributed by atoms with Crippen molar-refractivity contribution in [2.24, 2.45) is 5.73 Å². The van der Waals surface area contributed by atoms with Gasteiger partial charge in [0.2, 0.25) is 5.91 Å². The van der Waals surface area contributed by atoms with E-state index in [0.29, 0.717) is 13.0 Å². The van der Waals surface area contributed by atoms with Crippen LogP contribution in [0.2, 0.25) is 0 Å². The van der Waals surface area contributed by atoms with Crippen molar-refractivity contribution < 1.29 is 4.79 Å². The molecule has 0 aliphatic heterocycles. The van der Waals surface area contributed by atoms with Crippen LogP contribution < -0.4 is 11.1 Å². The highest BCUT2D eigenvalue weighted by Gasteiger charge is 2.06. The van der Waals surface area contributed by atoms with E-state index in [1.807, 2.05) is 31.2 Å². The van der Waals surface area contributed by atoms with Gasteiger partial charge in [-0.1, -0.05) is 28.1 Å². The van der Waals surface area contributed by atoms with Crippen molar-refractivity contribution >= 4 is 21.8 Å². The number of carbonyl (C=O) groups is 1. The summed E-state index contributed by atoms with van der Waals surface area (Å²) in [6, 6.07) is 7.74. The molecule has 1 rings (SSSR count). The summed E-state index contributed by atoms with van der Waals surface area (Å²) in [5.74, 6) is 0.00951. The summed E-state index contributed by atoms with van der Waals surface area (Å²) >= 11 is 3.35. The molecule has 0 saturated heterocycles. The Bertz CT molecular complexity index is 324. The lowest BCUT2D eigenvalue weighted by molar-refractivity contribution is -0.120. The Morgan fingerprint density at radius 2 is 2.07 bits per heavy atom. The Hall–Kier alpha value is -0.870. The van der Waals surface area contributed by atoms with Crippen molar-refractivity contribution in [3.8, 4) is 0 Å². The van der Waals surface area contributed by atoms with Crippen molar-refractivity contribution in [1.82, 2.24) is 5.32 Å². The Kier molecular flexibility index (Phi) is 4.78. The number of hydrogen-bond acceptors (Lipinski definition) is 2. The van der Waals surface area contributed by atoms with Gasteiger partial charge in [0.25, 0.3) is 0 Å². The maximum Gasteiger partial charge on any atom is 0.224 e. The molecule has 0 bridgehead atoms. The van der Waals surface area contributed by atoms with E-state index in [1.54, 1.807) is 0 Å². The van der Waals surface area contributed by atoms with Gasteiger partial charge in [0.1, 0.15) is 0 Å². The molecular formula is C11H15BrN2O. The first-order valence-corrected chi connectivity index (χ1v) is 5.65. The molecule has 1 amide bonds. The number of hydrogen-bond donors (Lipinski definition) is 2. The Morgan fingerprint density at radius 1 is 1.47 bits per heavy atom. The smallest absolute Gasteiger partial charge is 0.224 e. The van der Waals surface area contributed by atoms with Gasteiger partial charge in [-0.25, -0.2) is 0 Å². The van der Waals surface area contributed by atoms with Crippen LogP contribution in [0.25, 0.3) is 0 Å². The predicted molar refractivity (Wildman–Crippen MR) is 64.5 cm³/mol. The molecule has 82 valence electrons. The molecule has 0 aliphatic carbocycles. The SMILES string of the molecule is C[C@H](CN)NC(=O)Cc1ccc(Br)cc1. The van der Waals surface area contributed by atoms with E-state index >= 15 is 0 Å². The summed E-state index contributed by atoms with van der Waals surface area (Å²) < 4.78 is 1.02. The van der Waals surface area contributed by atoms with Crippen LogP contribution in [-0.4, -0.2) is 18.5 Å². The molecule has 3 N–H and O–H groups in total. The van der Waals surface area contributed by atoms with E-state index in [-0.39, 0.29) is 11.9 Å². The topological polar surface area (TPSA) is 55.1 Å². The summed E-state index contributed by atoms with van der Waals surface area (Å²) in [6.45, 7) is 2.35. The average Bonchev–Trinajstić information content (AvgIpc) is 2.21. The van der Waals surface area contributed by atoms with Gasteiger partial charge in [-0.15, -0.1) is 0 Å². The summed E-state index contributed by atoms with van der Waals surface area (Å²) in [6.07, 6.45) is 0.400. The minimum atomic E-state index is 0.00951. The number of amides is 1. The van der Waals surface area contributed by atoms with Crippen LogP contribution in [0, 0.1) is 0 Å². The minimum Gasteiger partial charge on any atom is -0.352 e. The van der Waals surface area contributed by atoms with Gasteiger partial charge in [-0.2, -0.15) is 0 Å². The average molecular weight is 271 g/mol. The molecule has 0 saturated carbocycles. The Balaban J connectivity index is 2.48. The second-order valence-corrected chi connectivity index (χ2v) is 4.42. The molecule has 0 aliphatic rings. The van der Waals surface area contributed by atoms with E-state index in [4.69, 9.17) is 5.73 Å². The van der Waals surface area contributed by atoms with Crippen LogP contribution in [0.5, 0.6) is 0 Å². The van der Waals surface area contributed by atoms with Crippen molar-refractivity contribution in [1.29, 1.82) is 0 Å². The molecule has 0 radical (unpaired) electrons. The van der Waals surface area contributed by atoms with Crippen LogP contribution in [0.1, 0.15) is 12.5 Å². The Morgan fingerprint density at radius 3 is 2.60 bits per heavy atom. The minimum absolute atomic E-state index is 0.00951. The third-order valence-electron chi connectivity index (χ3n) is 2.04. The molecule has 1 aromatic carbocycles. The van der Waals surface area contributed by atoms with Gasteiger partial charge in [0, 0.05) is 17.1 Å². The van der Waals surface area contributed by atoms with Crippen molar-refractivity contribution in [3.05, 3.63) is 34.3 Å². The van der Waals surface area contributed by atoms with Crippen LogP contribution in [0.3, 0.4) is 0 Å². The second-order valence-electron chi connectivity index (χ2n) is 3.51. The van der Waals surface area contributed by atoms with E-state index in [1.165, 1.54) is 0 Å². The van der Waals surface area contributed by atoms with Gasteiger partial charge in [0.05, 0.1) is 6.42 Å². The molecule has 0 unspecified atom stereocenters. The monoisotopic (exact) mass is 270 g/mol. The van der Waals surface area contributed by atoms with Crippen molar-refractivity contribution in [2.45, 2.75) is 19.4 Å². The van der Waals surface area contributed by atoms with Crippen LogP contribution in [0.15, 0.2) is 28.7 Å². The number of nitrogens with two attached hydrogens (primary N) is 1. The molecule has 0 heterocycles. The lowest BCUT2D eigenvalue weighted by Crippen LogP contribution is -2.38. The summed E-state index contributed by atoms with van der Waals surface area (Å²) in [5, 5.41) is 2.82. The third kappa shape index (κ3) is 4.44. The number of benzene rings is 1. The lowest BCUT2D eigenvalue weighted by atomic mass is 10.1. The maximum absolute atomic E-state index is 11.5. The standard InChI is InChI=1S/C11H15BrN2O/c1-8(7-13)14-11(15)6-9-2-4-10(12)5-3-9/h2-5,8H,6-7,13H2,1H3,(H,14,15)/t8-/m1/s1. The number of rotatable bonds is 4. The zero-order valence-corrected chi connectivity index (χ0v) is 10.3. The summed E-state index contributed by atoms with van der Waals surface area (Å²) in [5.41, 5.74) is 6.41. The van der Waals surface area contributed by atoms with Gasteiger partial charge in [0.15, 0.2) is 0 Å². The first-order chi connectivity index (χ1) is 7.11. The third-order valence-corrected chi connectivity index (χ3v) is 2.57. The number of carbonyl (C=O) groups excluding carboxylic acids is 1. The predicted octanol–water partition coefficient (Wildman–Crippen LogP) is 1.46. The molecule has 1 aromatic rings. The zero-order valence-electron chi connectivity index (χ0n) is 8.66. The molecule has 0 fully saturated rings. The molecule has 1 atom stereocenters. The largest absolute Gasteiger partial charge is 0.352 e. The van der Waals surface area contributed by atoms with Gasteiger partial charge < -0.3 is 11.1 Å². The van der Waals surface area contributed by atoms with E-state index in [0.717, 1.165) is 10.0 Å². The summed E-state index contributed by atoms with van der Waals surface area (Å²) in [7, 11) is 0. The second kappa shape index (κ2) is 5.88. The molecule has 0 aromatic heterocycles. The van der Waals surface area contributed by atoms with Gasteiger partial charge >= 0.3 is 0 Å². The fourth-order valence-electron chi connectivity index (χ4n) is 1.17. The number of halogens is 1. The van der Waals surface area contributed by atoms with Gasteiger partial charge in [-0.3, -0.25) is 4.79 Å². The first kappa shape index (κ1) is 12.2. The lowest BCUT2D eigenvalue weighted by Gasteiger charge is -2.11. The van der Waals surface area contributed by atoms with E-state index < -0.39 is 0 Å². The molecular weight excluding hydrogens is 256 g/mol. The van der Waals surface area contributed by atoms with E-state index in [9.17, 15) is 4.79 Å². The van der Waals surface area contributed by atoms with Crippen molar-refractivity contribution in [2.75, 3.05) is 6.54 Å². The molecule has 0 spiro atoms. The summed E-state index contributed by atoms with van der Waals surface area (Å²) in [4.78, 5) is 11.5. The quantitative estimate of drug-likeness (QED) is 0.871. The number of nitrogens with one attached hydrogen (secondary N) is 1. The molecule has 4 heteroatoms. The molecule has 3 nitrogen and oxygen atoms in total. The Labute approximate surface area is 98.2 Å². The highest BCUT2D eigenvalue weighted by molar-refractivity contribution is 9.10. The maximum atomic E-state index is 11.5. The zero-order chi connectivity index (χ0) is 11.3. The van der Waals surface area contributed by atoms with Gasteiger partial charge in [-0.05, 0) is 24.6 Å². The van der Waals surface area contributed by atoms with Crippen LogP contribution >= 0.6 is 15.9 Å². The normalized spacial score (nSPS) is 12.2. The van der Waals surface area contributed by atoms with Crippen molar-refractivity contribution in [3.63, 3.8) is 0 Å². The van der Waals surface area contributed by atoms with Crippen LogP contribution in [-0.2, 0) is 11.2 Å². The highest BCUT2D eigenvalue weighted by atomic mass is 79.9. The molecule has 15 heavy (non-hydrogen) atoms.